The number of nitrogens with zero attached hydrogens (tertiary/aromatic N) is 2. The zero-order valence-electron chi connectivity index (χ0n) is 11.6. The van der Waals surface area contributed by atoms with Gasteiger partial charge in [-0.3, -0.25) is 19.8 Å². The van der Waals surface area contributed by atoms with E-state index >= 15 is 0 Å². The Hall–Kier alpha value is -3.22. The molecule has 2 rings (SSSR count). The quantitative estimate of drug-likeness (QED) is 0.691. The van der Waals surface area contributed by atoms with E-state index in [4.69, 9.17) is 0 Å². The molecule has 7 nitrogen and oxygen atoms in total. The van der Waals surface area contributed by atoms with Crippen molar-refractivity contribution in [2.45, 2.75) is 6.92 Å². The molecule has 0 aliphatic heterocycles. The maximum Gasteiger partial charge on any atom is 0.337 e. The van der Waals surface area contributed by atoms with Crippen molar-refractivity contribution < 1.29 is 19.6 Å². The number of anilines is 2. The topological polar surface area (TPSA) is 101 Å². The predicted molar refractivity (Wildman–Crippen MR) is 79.3 cm³/mol. The van der Waals surface area contributed by atoms with E-state index in [0.29, 0.717) is 0 Å². The molecule has 0 saturated heterocycles. The Kier molecular flexibility index (Phi) is 4.17. The SMILES string of the molecule is CC(=O)N(c1ccccc1C(=O)O)c1ccccc1[N+](=O)[O-]. The number of carbonyl (C=O) groups is 2. The maximum absolute atomic E-state index is 12.0. The van der Waals surface area contributed by atoms with Gasteiger partial charge in [0.15, 0.2) is 0 Å². The van der Waals surface area contributed by atoms with E-state index in [1.807, 2.05) is 0 Å². The van der Waals surface area contributed by atoms with Crippen LogP contribution in [-0.2, 0) is 4.79 Å². The average Bonchev–Trinajstić information content (AvgIpc) is 2.47. The number of para-hydroxylation sites is 3. The molecule has 0 unspecified atom stereocenters. The summed E-state index contributed by atoms with van der Waals surface area (Å²) in [7, 11) is 0. The summed E-state index contributed by atoms with van der Waals surface area (Å²) in [6.45, 7) is 1.22. The fourth-order valence-corrected chi connectivity index (χ4v) is 2.13. The Morgan fingerprint density at radius 3 is 2.14 bits per heavy atom. The summed E-state index contributed by atoms with van der Waals surface area (Å²) in [4.78, 5) is 34.9. The molecule has 0 aliphatic carbocycles. The molecule has 2 aromatic carbocycles. The van der Waals surface area contributed by atoms with Crippen molar-refractivity contribution in [2.75, 3.05) is 4.90 Å². The summed E-state index contributed by atoms with van der Waals surface area (Å²) in [6.07, 6.45) is 0. The molecule has 1 N–H and O–H groups in total. The first kappa shape index (κ1) is 15.2. The number of hydrogen-bond donors (Lipinski definition) is 1. The van der Waals surface area contributed by atoms with Gasteiger partial charge in [-0.25, -0.2) is 4.79 Å². The van der Waals surface area contributed by atoms with Crippen molar-refractivity contribution in [3.8, 4) is 0 Å². The van der Waals surface area contributed by atoms with E-state index in [2.05, 4.69) is 0 Å². The first-order valence-electron chi connectivity index (χ1n) is 6.30. The second-order valence-electron chi connectivity index (χ2n) is 4.42. The minimum absolute atomic E-state index is 0.0219. The van der Waals surface area contributed by atoms with Gasteiger partial charge in [0, 0.05) is 13.0 Å². The molecule has 112 valence electrons. The number of carboxylic acids is 1. The number of rotatable bonds is 4. The summed E-state index contributed by atoms with van der Waals surface area (Å²) >= 11 is 0. The molecule has 0 spiro atoms. The van der Waals surface area contributed by atoms with Gasteiger partial charge in [-0.05, 0) is 18.2 Å². The summed E-state index contributed by atoms with van der Waals surface area (Å²) in [5.74, 6) is -1.75. The Balaban J connectivity index is 2.71. The lowest BCUT2D eigenvalue weighted by Crippen LogP contribution is -2.25. The number of nitro benzene ring substituents is 1. The Bertz CT molecular complexity index is 700. The van der Waals surface area contributed by atoms with Gasteiger partial charge in [0.1, 0.15) is 5.69 Å². The van der Waals surface area contributed by atoms with Crippen LogP contribution in [0.2, 0.25) is 0 Å². The zero-order valence-corrected chi connectivity index (χ0v) is 11.6. The molecule has 2 aromatic rings. The third-order valence-electron chi connectivity index (χ3n) is 3.01. The van der Waals surface area contributed by atoms with Crippen LogP contribution in [0.1, 0.15) is 17.3 Å². The largest absolute Gasteiger partial charge is 0.478 e. The lowest BCUT2D eigenvalue weighted by Gasteiger charge is -2.22. The van der Waals surface area contributed by atoms with E-state index in [1.165, 1.54) is 43.3 Å². The molecule has 0 bridgehead atoms. The highest BCUT2D eigenvalue weighted by Crippen LogP contribution is 2.35. The molecule has 7 heteroatoms. The monoisotopic (exact) mass is 300 g/mol. The zero-order chi connectivity index (χ0) is 16.3. The van der Waals surface area contributed by atoms with E-state index in [9.17, 15) is 24.8 Å². The van der Waals surface area contributed by atoms with E-state index < -0.39 is 16.8 Å². The lowest BCUT2D eigenvalue weighted by molar-refractivity contribution is -0.384. The first-order chi connectivity index (χ1) is 10.4. The second-order valence-corrected chi connectivity index (χ2v) is 4.42. The highest BCUT2D eigenvalue weighted by molar-refractivity contribution is 6.06. The standard InChI is InChI=1S/C15H12N2O5/c1-10(18)16(12-7-3-2-6-11(12)15(19)20)13-8-4-5-9-14(13)17(21)22/h2-9H,1H3,(H,19,20). The Labute approximate surface area is 125 Å². The minimum Gasteiger partial charge on any atom is -0.478 e. The first-order valence-corrected chi connectivity index (χ1v) is 6.30. The van der Waals surface area contributed by atoms with Crippen molar-refractivity contribution >= 4 is 28.9 Å². The third kappa shape index (κ3) is 2.78. The van der Waals surface area contributed by atoms with Crippen LogP contribution >= 0.6 is 0 Å². The highest BCUT2D eigenvalue weighted by Gasteiger charge is 2.26. The number of hydrogen-bond acceptors (Lipinski definition) is 4. The number of nitro groups is 1. The van der Waals surface area contributed by atoms with Crippen LogP contribution in [0.5, 0.6) is 0 Å². The van der Waals surface area contributed by atoms with E-state index in [-0.39, 0.29) is 22.6 Å². The Morgan fingerprint density at radius 2 is 1.59 bits per heavy atom. The summed E-state index contributed by atoms with van der Waals surface area (Å²) in [6, 6.07) is 11.5. The molecule has 0 fully saturated rings. The fraction of sp³-hybridized carbons (Fsp3) is 0.0667. The van der Waals surface area contributed by atoms with Crippen LogP contribution in [0.15, 0.2) is 48.5 Å². The molecule has 1 amide bonds. The van der Waals surface area contributed by atoms with Crippen LogP contribution < -0.4 is 4.90 Å². The summed E-state index contributed by atoms with van der Waals surface area (Å²) in [5, 5.41) is 20.4. The minimum atomic E-state index is -1.22. The number of carbonyl (C=O) groups excluding carboxylic acids is 1. The number of carboxylic acid groups (broad SMARTS) is 1. The van der Waals surface area contributed by atoms with Crippen LogP contribution in [-0.4, -0.2) is 21.9 Å². The molecule has 0 radical (unpaired) electrons. The highest BCUT2D eigenvalue weighted by atomic mass is 16.6. The van der Waals surface area contributed by atoms with Crippen molar-refractivity contribution in [3.05, 3.63) is 64.2 Å². The van der Waals surface area contributed by atoms with Crippen LogP contribution in [0, 0.1) is 10.1 Å². The van der Waals surface area contributed by atoms with Gasteiger partial charge in [-0.2, -0.15) is 0 Å². The number of aromatic carboxylic acids is 1. The van der Waals surface area contributed by atoms with Crippen molar-refractivity contribution in [1.82, 2.24) is 0 Å². The van der Waals surface area contributed by atoms with Gasteiger partial charge >= 0.3 is 5.97 Å². The van der Waals surface area contributed by atoms with Crippen molar-refractivity contribution in [3.63, 3.8) is 0 Å². The number of benzene rings is 2. The predicted octanol–water partition coefficient (Wildman–Crippen LogP) is 2.98. The smallest absolute Gasteiger partial charge is 0.337 e. The van der Waals surface area contributed by atoms with E-state index in [0.717, 1.165) is 4.90 Å². The molecule has 0 saturated carbocycles. The Morgan fingerprint density at radius 1 is 1.05 bits per heavy atom. The lowest BCUT2D eigenvalue weighted by atomic mass is 10.1. The fourth-order valence-electron chi connectivity index (χ4n) is 2.13. The van der Waals surface area contributed by atoms with Crippen LogP contribution in [0.3, 0.4) is 0 Å². The molecule has 0 heterocycles. The van der Waals surface area contributed by atoms with Gasteiger partial charge in [0.05, 0.1) is 16.2 Å². The summed E-state index contributed by atoms with van der Waals surface area (Å²) in [5.41, 5.74) is -0.292. The third-order valence-corrected chi connectivity index (χ3v) is 3.01. The molecule has 22 heavy (non-hydrogen) atoms. The van der Waals surface area contributed by atoms with Gasteiger partial charge in [-0.15, -0.1) is 0 Å². The number of amides is 1. The molecule has 0 atom stereocenters. The maximum atomic E-state index is 12.0. The normalized spacial score (nSPS) is 10.0. The van der Waals surface area contributed by atoms with Crippen LogP contribution in [0.4, 0.5) is 17.1 Å². The van der Waals surface area contributed by atoms with Crippen LogP contribution in [0.25, 0.3) is 0 Å². The molecular formula is C15H12N2O5. The van der Waals surface area contributed by atoms with E-state index in [1.54, 1.807) is 12.1 Å². The van der Waals surface area contributed by atoms with Gasteiger partial charge in [0.2, 0.25) is 5.91 Å². The second kappa shape index (κ2) is 6.04. The van der Waals surface area contributed by atoms with Gasteiger partial charge < -0.3 is 5.11 Å². The molecule has 0 aromatic heterocycles. The van der Waals surface area contributed by atoms with Gasteiger partial charge in [0.25, 0.3) is 5.69 Å². The molecule has 0 aliphatic rings. The molecular weight excluding hydrogens is 288 g/mol. The van der Waals surface area contributed by atoms with Crippen molar-refractivity contribution in [1.29, 1.82) is 0 Å². The van der Waals surface area contributed by atoms with Gasteiger partial charge in [-0.1, -0.05) is 24.3 Å². The average molecular weight is 300 g/mol. The summed E-state index contributed by atoms with van der Waals surface area (Å²) < 4.78 is 0. The van der Waals surface area contributed by atoms with Crippen molar-refractivity contribution in [2.24, 2.45) is 0 Å².